The van der Waals surface area contributed by atoms with Crippen LogP contribution in [0.15, 0.2) is 23.0 Å². The molecule has 2 N–H and O–H groups in total. The molecule has 3 aromatic rings. The number of nitrogens with two attached hydrogens (primary N) is 1. The van der Waals surface area contributed by atoms with Crippen molar-refractivity contribution in [3.8, 4) is 0 Å². The van der Waals surface area contributed by atoms with Crippen LogP contribution in [0.5, 0.6) is 0 Å². The minimum atomic E-state index is -0.979. The molecular formula is C15H15F2N5OS. The van der Waals surface area contributed by atoms with Gasteiger partial charge in [0.15, 0.2) is 23.1 Å². The normalized spacial score (nSPS) is 11.6. The molecule has 0 aliphatic carbocycles. The molecule has 0 atom stereocenters. The molecule has 3 rings (SSSR count). The van der Waals surface area contributed by atoms with Crippen LogP contribution in [0.1, 0.15) is 31.2 Å². The summed E-state index contributed by atoms with van der Waals surface area (Å²) in [4.78, 5) is 21.0. The summed E-state index contributed by atoms with van der Waals surface area (Å²) in [5, 5.41) is 0. The van der Waals surface area contributed by atoms with Crippen molar-refractivity contribution in [1.29, 1.82) is 0 Å². The summed E-state index contributed by atoms with van der Waals surface area (Å²) in [5.74, 6) is -1.30. The molecule has 0 saturated heterocycles. The minimum absolute atomic E-state index is 0.00628. The average molecular weight is 351 g/mol. The van der Waals surface area contributed by atoms with Gasteiger partial charge in [-0.25, -0.2) is 27.5 Å². The third kappa shape index (κ3) is 2.64. The van der Waals surface area contributed by atoms with Gasteiger partial charge in [0, 0.05) is 5.92 Å². The monoisotopic (exact) mass is 351 g/mol. The lowest BCUT2D eigenvalue weighted by Crippen LogP contribution is -2.21. The Morgan fingerprint density at radius 3 is 2.58 bits per heavy atom. The smallest absolute Gasteiger partial charge is 0.340 e. The van der Waals surface area contributed by atoms with Gasteiger partial charge < -0.3 is 5.73 Å². The van der Waals surface area contributed by atoms with E-state index in [1.165, 1.54) is 10.6 Å². The molecule has 24 heavy (non-hydrogen) atoms. The van der Waals surface area contributed by atoms with E-state index in [-0.39, 0.29) is 23.8 Å². The molecule has 9 heteroatoms. The lowest BCUT2D eigenvalue weighted by Gasteiger charge is -2.07. The van der Waals surface area contributed by atoms with Crippen molar-refractivity contribution in [1.82, 2.24) is 18.5 Å². The van der Waals surface area contributed by atoms with Crippen molar-refractivity contribution >= 4 is 29.8 Å². The summed E-state index contributed by atoms with van der Waals surface area (Å²) >= 11 is 4.13. The van der Waals surface area contributed by atoms with Crippen LogP contribution in [0.25, 0.3) is 11.2 Å². The molecule has 0 spiro atoms. The van der Waals surface area contributed by atoms with Crippen LogP contribution >= 0.6 is 12.8 Å². The number of benzene rings is 1. The van der Waals surface area contributed by atoms with Crippen molar-refractivity contribution in [3.63, 3.8) is 0 Å². The van der Waals surface area contributed by atoms with Crippen molar-refractivity contribution in [3.05, 3.63) is 51.7 Å². The fraction of sp³-hybridized carbons (Fsp3) is 0.267. The van der Waals surface area contributed by atoms with Crippen molar-refractivity contribution in [2.24, 2.45) is 0 Å². The first-order valence-electron chi connectivity index (χ1n) is 7.21. The van der Waals surface area contributed by atoms with Crippen molar-refractivity contribution < 1.29 is 8.78 Å². The largest absolute Gasteiger partial charge is 0.382 e. The molecular weight excluding hydrogens is 336 g/mol. The Morgan fingerprint density at radius 2 is 1.96 bits per heavy atom. The zero-order chi connectivity index (χ0) is 17.6. The summed E-state index contributed by atoms with van der Waals surface area (Å²) in [6, 6.07) is 3.45. The van der Waals surface area contributed by atoms with Crippen LogP contribution < -0.4 is 11.4 Å². The number of aromatic nitrogens is 4. The number of nitrogen functional groups attached to an aromatic ring is 1. The molecule has 0 amide bonds. The molecule has 0 saturated carbocycles. The first-order chi connectivity index (χ1) is 11.3. The molecule has 2 heterocycles. The maximum atomic E-state index is 13.4. The van der Waals surface area contributed by atoms with E-state index in [1.54, 1.807) is 0 Å². The fourth-order valence-electron chi connectivity index (χ4n) is 2.39. The van der Waals surface area contributed by atoms with E-state index in [1.807, 2.05) is 13.8 Å². The van der Waals surface area contributed by atoms with E-state index >= 15 is 0 Å². The SMILES string of the molecule is CC(C)c1nc(N)c2c(n1)n(Cc1ccc(F)c(F)c1)c(=O)n2S. The summed E-state index contributed by atoms with van der Waals surface area (Å²) in [6.45, 7) is 3.81. The van der Waals surface area contributed by atoms with E-state index in [0.717, 1.165) is 16.1 Å². The Bertz CT molecular complexity index is 996. The Kier molecular flexibility index (Phi) is 4.04. The standard InChI is InChI=1S/C15H15F2N5OS/c1-7(2)13-19-12(18)11-14(20-13)21(15(23)22(11)24)6-8-3-4-9(16)10(17)5-8/h3-5,7,24H,6H2,1-2H3,(H2,18,19,20). The topological polar surface area (TPSA) is 78.7 Å². The van der Waals surface area contributed by atoms with Crippen LogP contribution in [0.3, 0.4) is 0 Å². The number of hydrogen-bond acceptors (Lipinski definition) is 5. The highest BCUT2D eigenvalue weighted by Crippen LogP contribution is 2.22. The highest BCUT2D eigenvalue weighted by atomic mass is 32.1. The second-order valence-electron chi connectivity index (χ2n) is 5.72. The lowest BCUT2D eigenvalue weighted by atomic mass is 10.2. The van der Waals surface area contributed by atoms with Gasteiger partial charge in [-0.05, 0) is 17.7 Å². The van der Waals surface area contributed by atoms with Crippen LogP contribution in [0, 0.1) is 11.6 Å². The maximum absolute atomic E-state index is 13.4. The number of thiol groups is 1. The number of rotatable bonds is 3. The van der Waals surface area contributed by atoms with E-state index in [2.05, 4.69) is 22.8 Å². The Balaban J connectivity index is 2.21. The highest BCUT2D eigenvalue weighted by molar-refractivity contribution is 7.78. The molecule has 1 aromatic carbocycles. The maximum Gasteiger partial charge on any atom is 0.340 e. The van der Waals surface area contributed by atoms with E-state index in [4.69, 9.17) is 5.73 Å². The quantitative estimate of drug-likeness (QED) is 0.710. The molecule has 126 valence electrons. The van der Waals surface area contributed by atoms with E-state index in [9.17, 15) is 13.6 Å². The third-order valence-electron chi connectivity index (χ3n) is 3.63. The second-order valence-corrected chi connectivity index (χ2v) is 6.12. The van der Waals surface area contributed by atoms with E-state index in [0.29, 0.717) is 17.0 Å². The number of hydrogen-bond donors (Lipinski definition) is 2. The zero-order valence-corrected chi connectivity index (χ0v) is 13.9. The van der Waals surface area contributed by atoms with Crippen LogP contribution in [0.2, 0.25) is 0 Å². The first-order valence-corrected chi connectivity index (χ1v) is 7.61. The third-order valence-corrected chi connectivity index (χ3v) is 4.00. The molecule has 6 nitrogen and oxygen atoms in total. The number of halogens is 2. The Hall–Kier alpha value is -2.42. The van der Waals surface area contributed by atoms with Gasteiger partial charge in [0.25, 0.3) is 0 Å². The first kappa shape index (κ1) is 16.4. The molecule has 2 aromatic heterocycles. The summed E-state index contributed by atoms with van der Waals surface area (Å²) in [7, 11) is 0. The molecule has 0 bridgehead atoms. The zero-order valence-electron chi connectivity index (χ0n) is 13.0. The van der Waals surface area contributed by atoms with Gasteiger partial charge in [-0.2, -0.15) is 0 Å². The fourth-order valence-corrected chi connectivity index (χ4v) is 2.69. The van der Waals surface area contributed by atoms with E-state index < -0.39 is 17.3 Å². The Morgan fingerprint density at radius 1 is 1.25 bits per heavy atom. The van der Waals surface area contributed by atoms with Crippen LogP contribution in [-0.2, 0) is 6.54 Å². The van der Waals surface area contributed by atoms with Gasteiger partial charge in [0.1, 0.15) is 11.3 Å². The molecule has 0 aliphatic rings. The molecule has 0 radical (unpaired) electrons. The number of imidazole rings is 1. The lowest BCUT2D eigenvalue weighted by molar-refractivity contribution is 0.506. The average Bonchev–Trinajstić information content (AvgIpc) is 2.76. The van der Waals surface area contributed by atoms with Crippen molar-refractivity contribution in [2.75, 3.05) is 5.73 Å². The Labute approximate surface area is 141 Å². The van der Waals surface area contributed by atoms with Crippen molar-refractivity contribution in [2.45, 2.75) is 26.3 Å². The molecule has 0 aliphatic heterocycles. The van der Waals surface area contributed by atoms with Gasteiger partial charge >= 0.3 is 5.69 Å². The van der Waals surface area contributed by atoms with Crippen LogP contribution in [-0.4, -0.2) is 18.5 Å². The summed E-state index contributed by atoms with van der Waals surface area (Å²) < 4.78 is 28.8. The van der Waals surface area contributed by atoms with Gasteiger partial charge in [0.2, 0.25) is 0 Å². The van der Waals surface area contributed by atoms with Gasteiger partial charge in [0.05, 0.1) is 6.54 Å². The predicted octanol–water partition coefficient (Wildman–Crippen LogP) is 2.32. The summed E-state index contributed by atoms with van der Waals surface area (Å²) in [6.07, 6.45) is 0. The summed E-state index contributed by atoms with van der Waals surface area (Å²) in [5.41, 5.74) is 6.45. The highest BCUT2D eigenvalue weighted by Gasteiger charge is 2.19. The van der Waals surface area contributed by atoms with Crippen LogP contribution in [0.4, 0.5) is 14.6 Å². The molecule has 0 fully saturated rings. The molecule has 0 unspecified atom stereocenters. The second kappa shape index (κ2) is 5.90. The van der Waals surface area contributed by atoms with Gasteiger partial charge in [-0.1, -0.05) is 32.7 Å². The number of anilines is 1. The predicted molar refractivity (Wildman–Crippen MR) is 90.1 cm³/mol. The number of nitrogens with zero attached hydrogens (tertiary/aromatic N) is 4. The van der Waals surface area contributed by atoms with Gasteiger partial charge in [-0.3, -0.25) is 4.57 Å². The number of fused-ring (bicyclic) bond motifs is 1. The van der Waals surface area contributed by atoms with Gasteiger partial charge in [-0.15, -0.1) is 0 Å². The minimum Gasteiger partial charge on any atom is -0.382 e.